The standard InChI is InChI=1S/C29H34FN3O3/c1-32-16-14-26(15-17-32)33(20-22-8-11-25(30)12-9-22)29(34)31-19-24-10-13-27(35-2)18-28(24)36-21-23-6-4-3-5-7-23/h3-13,18,26H,14-17,19-21H2,1-2H3,(H,31,34). The Morgan fingerprint density at radius 3 is 2.44 bits per heavy atom. The van der Waals surface area contributed by atoms with Crippen molar-refractivity contribution in [2.75, 3.05) is 27.2 Å². The van der Waals surface area contributed by atoms with Gasteiger partial charge in [0, 0.05) is 30.8 Å². The topological polar surface area (TPSA) is 54.0 Å². The second-order valence-electron chi connectivity index (χ2n) is 9.20. The van der Waals surface area contributed by atoms with Crippen LogP contribution in [0.1, 0.15) is 29.5 Å². The SMILES string of the molecule is COc1ccc(CNC(=O)N(Cc2ccc(F)cc2)C2CCN(C)CC2)c(OCc2ccccc2)c1. The van der Waals surface area contributed by atoms with Crippen LogP contribution in [0.15, 0.2) is 72.8 Å². The number of amides is 2. The summed E-state index contributed by atoms with van der Waals surface area (Å²) < 4.78 is 24.9. The lowest BCUT2D eigenvalue weighted by atomic mass is 10.0. The number of rotatable bonds is 9. The molecule has 1 saturated heterocycles. The highest BCUT2D eigenvalue weighted by Crippen LogP contribution is 2.26. The van der Waals surface area contributed by atoms with Crippen molar-refractivity contribution >= 4 is 6.03 Å². The van der Waals surface area contributed by atoms with Crippen LogP contribution in [-0.2, 0) is 19.7 Å². The van der Waals surface area contributed by atoms with Crippen molar-refractivity contribution in [1.82, 2.24) is 15.1 Å². The summed E-state index contributed by atoms with van der Waals surface area (Å²) in [6, 6.07) is 21.9. The van der Waals surface area contributed by atoms with Gasteiger partial charge < -0.3 is 24.6 Å². The number of halogens is 1. The van der Waals surface area contributed by atoms with E-state index in [2.05, 4.69) is 17.3 Å². The van der Waals surface area contributed by atoms with Crippen molar-refractivity contribution in [3.63, 3.8) is 0 Å². The summed E-state index contributed by atoms with van der Waals surface area (Å²) in [7, 11) is 3.72. The average Bonchev–Trinajstić information content (AvgIpc) is 2.91. The van der Waals surface area contributed by atoms with Crippen LogP contribution in [-0.4, -0.2) is 49.1 Å². The lowest BCUT2D eigenvalue weighted by Gasteiger charge is -2.37. The van der Waals surface area contributed by atoms with E-state index in [1.807, 2.05) is 53.4 Å². The normalized spacial score (nSPS) is 14.3. The fourth-order valence-electron chi connectivity index (χ4n) is 4.41. The quantitative estimate of drug-likeness (QED) is 0.446. The third kappa shape index (κ3) is 6.98. The molecule has 4 rings (SSSR count). The van der Waals surface area contributed by atoms with Crippen LogP contribution in [0.4, 0.5) is 9.18 Å². The number of nitrogens with zero attached hydrogens (tertiary/aromatic N) is 2. The Morgan fingerprint density at radius 2 is 1.75 bits per heavy atom. The summed E-state index contributed by atoms with van der Waals surface area (Å²) in [6.07, 6.45) is 1.80. The number of urea groups is 1. The molecular weight excluding hydrogens is 457 g/mol. The summed E-state index contributed by atoms with van der Waals surface area (Å²) in [6.45, 7) is 3.04. The van der Waals surface area contributed by atoms with Gasteiger partial charge in [-0.3, -0.25) is 0 Å². The number of hydrogen-bond donors (Lipinski definition) is 1. The first-order valence-corrected chi connectivity index (χ1v) is 12.3. The zero-order valence-corrected chi connectivity index (χ0v) is 21.0. The van der Waals surface area contributed by atoms with Gasteiger partial charge in [-0.25, -0.2) is 9.18 Å². The molecule has 3 aromatic carbocycles. The van der Waals surface area contributed by atoms with Gasteiger partial charge in [-0.15, -0.1) is 0 Å². The molecule has 1 N–H and O–H groups in total. The van der Waals surface area contributed by atoms with Crippen LogP contribution >= 0.6 is 0 Å². The number of nitrogens with one attached hydrogen (secondary N) is 1. The van der Waals surface area contributed by atoms with Gasteiger partial charge in [0.15, 0.2) is 0 Å². The van der Waals surface area contributed by atoms with E-state index in [0.717, 1.165) is 42.6 Å². The summed E-state index contributed by atoms with van der Waals surface area (Å²) in [4.78, 5) is 17.6. The van der Waals surface area contributed by atoms with Crippen molar-refractivity contribution in [2.45, 2.75) is 38.6 Å². The zero-order chi connectivity index (χ0) is 25.3. The van der Waals surface area contributed by atoms with Gasteiger partial charge in [-0.2, -0.15) is 0 Å². The highest BCUT2D eigenvalue weighted by atomic mass is 19.1. The summed E-state index contributed by atoms with van der Waals surface area (Å²) in [5.41, 5.74) is 2.83. The molecular formula is C29H34FN3O3. The molecule has 0 bridgehead atoms. The molecule has 0 radical (unpaired) electrons. The van der Waals surface area contributed by atoms with Gasteiger partial charge >= 0.3 is 6.03 Å². The molecule has 6 nitrogen and oxygen atoms in total. The number of piperidine rings is 1. The van der Waals surface area contributed by atoms with Crippen LogP contribution in [0.5, 0.6) is 11.5 Å². The molecule has 1 aliphatic heterocycles. The second-order valence-corrected chi connectivity index (χ2v) is 9.20. The third-order valence-electron chi connectivity index (χ3n) is 6.60. The van der Waals surface area contributed by atoms with E-state index < -0.39 is 0 Å². The molecule has 0 aromatic heterocycles. The lowest BCUT2D eigenvalue weighted by molar-refractivity contribution is 0.127. The number of likely N-dealkylation sites (tertiary alicyclic amines) is 1. The minimum Gasteiger partial charge on any atom is -0.497 e. The largest absolute Gasteiger partial charge is 0.497 e. The molecule has 1 fully saturated rings. The maximum absolute atomic E-state index is 13.4. The molecule has 0 aliphatic carbocycles. The smallest absolute Gasteiger partial charge is 0.318 e. The van der Waals surface area contributed by atoms with E-state index in [4.69, 9.17) is 9.47 Å². The van der Waals surface area contributed by atoms with Crippen LogP contribution < -0.4 is 14.8 Å². The molecule has 0 atom stereocenters. The highest BCUT2D eigenvalue weighted by molar-refractivity contribution is 5.74. The molecule has 190 valence electrons. The number of benzene rings is 3. The minimum absolute atomic E-state index is 0.121. The second kappa shape index (κ2) is 12.4. The molecule has 3 aromatic rings. The Morgan fingerprint density at radius 1 is 1.03 bits per heavy atom. The summed E-state index contributed by atoms with van der Waals surface area (Å²) in [5.74, 6) is 1.08. The first-order valence-electron chi connectivity index (χ1n) is 12.3. The molecule has 36 heavy (non-hydrogen) atoms. The summed E-state index contributed by atoms with van der Waals surface area (Å²) >= 11 is 0. The van der Waals surface area contributed by atoms with Gasteiger partial charge in [0.2, 0.25) is 0 Å². The maximum atomic E-state index is 13.4. The zero-order valence-electron chi connectivity index (χ0n) is 21.0. The summed E-state index contributed by atoms with van der Waals surface area (Å²) in [5, 5.41) is 3.09. The Hall–Kier alpha value is -3.58. The van der Waals surface area contributed by atoms with E-state index >= 15 is 0 Å². The van der Waals surface area contributed by atoms with Gasteiger partial charge in [0.05, 0.1) is 7.11 Å². The molecule has 0 unspecified atom stereocenters. The van der Waals surface area contributed by atoms with Crippen molar-refractivity contribution < 1.29 is 18.7 Å². The van der Waals surface area contributed by atoms with Crippen molar-refractivity contribution in [3.8, 4) is 11.5 Å². The van der Waals surface area contributed by atoms with E-state index in [-0.39, 0.29) is 17.9 Å². The lowest BCUT2D eigenvalue weighted by Crippen LogP contribution is -2.49. The maximum Gasteiger partial charge on any atom is 0.318 e. The number of carbonyl (C=O) groups is 1. The van der Waals surface area contributed by atoms with Gasteiger partial charge in [0.1, 0.15) is 23.9 Å². The van der Waals surface area contributed by atoms with E-state index in [1.54, 1.807) is 19.2 Å². The number of ether oxygens (including phenoxy) is 2. The third-order valence-corrected chi connectivity index (χ3v) is 6.60. The van der Waals surface area contributed by atoms with Crippen LogP contribution in [0.25, 0.3) is 0 Å². The molecule has 0 spiro atoms. The van der Waals surface area contributed by atoms with Gasteiger partial charge in [0.25, 0.3) is 0 Å². The predicted octanol–water partition coefficient (Wildman–Crippen LogP) is 5.22. The van der Waals surface area contributed by atoms with Crippen molar-refractivity contribution in [1.29, 1.82) is 0 Å². The first-order chi connectivity index (χ1) is 17.5. The van der Waals surface area contributed by atoms with E-state index in [1.165, 1.54) is 12.1 Å². The number of carbonyl (C=O) groups excluding carboxylic acids is 1. The number of hydrogen-bond acceptors (Lipinski definition) is 4. The number of methoxy groups -OCH3 is 1. The minimum atomic E-state index is -0.281. The molecule has 7 heteroatoms. The van der Waals surface area contributed by atoms with Crippen LogP contribution in [0.2, 0.25) is 0 Å². The van der Waals surface area contributed by atoms with Gasteiger partial charge in [-0.05, 0) is 68.4 Å². The van der Waals surface area contributed by atoms with Crippen molar-refractivity contribution in [2.24, 2.45) is 0 Å². The van der Waals surface area contributed by atoms with Crippen LogP contribution in [0, 0.1) is 5.82 Å². The molecule has 2 amide bonds. The average molecular weight is 492 g/mol. The fraction of sp³-hybridized carbons (Fsp3) is 0.345. The molecule has 1 heterocycles. The Kier molecular flexibility index (Phi) is 8.79. The van der Waals surface area contributed by atoms with Crippen molar-refractivity contribution in [3.05, 3.63) is 95.3 Å². The Labute approximate surface area is 212 Å². The van der Waals surface area contributed by atoms with Crippen LogP contribution in [0.3, 0.4) is 0 Å². The van der Waals surface area contributed by atoms with Gasteiger partial charge in [-0.1, -0.05) is 42.5 Å². The highest BCUT2D eigenvalue weighted by Gasteiger charge is 2.27. The monoisotopic (exact) mass is 491 g/mol. The Bertz CT molecular complexity index is 1120. The molecule has 0 saturated carbocycles. The fourth-order valence-corrected chi connectivity index (χ4v) is 4.41. The van der Waals surface area contributed by atoms with E-state index in [9.17, 15) is 9.18 Å². The predicted molar refractivity (Wildman–Crippen MR) is 138 cm³/mol. The Balaban J connectivity index is 1.46. The first kappa shape index (κ1) is 25.5. The van der Waals surface area contributed by atoms with E-state index in [0.29, 0.717) is 31.2 Å². The molecule has 1 aliphatic rings.